The molecule has 0 radical (unpaired) electrons. The summed E-state index contributed by atoms with van der Waals surface area (Å²) >= 11 is 1.66. The van der Waals surface area contributed by atoms with Gasteiger partial charge in [-0.05, 0) is 36.4 Å². The Kier molecular flexibility index (Phi) is 3.31. The van der Waals surface area contributed by atoms with Crippen LogP contribution in [-0.4, -0.2) is 32.9 Å². The lowest BCUT2D eigenvalue weighted by Gasteiger charge is -2.21. The maximum absolute atomic E-state index is 4.78. The van der Waals surface area contributed by atoms with Crippen LogP contribution < -0.4 is 4.90 Å². The Morgan fingerprint density at radius 3 is 2.57 bits per heavy atom. The van der Waals surface area contributed by atoms with Crippen LogP contribution in [0.1, 0.15) is 25.7 Å². The van der Waals surface area contributed by atoms with Gasteiger partial charge in [0.15, 0.2) is 11.5 Å². The minimum atomic E-state index is 0.801. The molecule has 3 aromatic rings. The van der Waals surface area contributed by atoms with E-state index in [9.17, 15) is 0 Å². The molecular formula is C15H17N5S. The molecule has 0 bridgehead atoms. The summed E-state index contributed by atoms with van der Waals surface area (Å²) in [6, 6.07) is 6.13. The molecule has 4 heterocycles. The monoisotopic (exact) mass is 299 g/mol. The molecule has 1 aliphatic rings. The summed E-state index contributed by atoms with van der Waals surface area (Å²) in [5, 5.41) is 17.4. The highest BCUT2D eigenvalue weighted by Gasteiger charge is 2.14. The molecule has 0 spiro atoms. The highest BCUT2D eigenvalue weighted by atomic mass is 32.1. The van der Waals surface area contributed by atoms with Crippen molar-refractivity contribution in [2.75, 3.05) is 18.0 Å². The molecule has 0 amide bonds. The van der Waals surface area contributed by atoms with Crippen molar-refractivity contribution >= 4 is 22.8 Å². The van der Waals surface area contributed by atoms with Gasteiger partial charge in [0.25, 0.3) is 0 Å². The van der Waals surface area contributed by atoms with Gasteiger partial charge in [-0.1, -0.05) is 12.8 Å². The van der Waals surface area contributed by atoms with Gasteiger partial charge in [0, 0.05) is 24.0 Å². The zero-order valence-corrected chi connectivity index (χ0v) is 12.6. The van der Waals surface area contributed by atoms with Crippen molar-refractivity contribution in [1.29, 1.82) is 0 Å². The number of hydrogen-bond donors (Lipinski definition) is 0. The Morgan fingerprint density at radius 2 is 1.81 bits per heavy atom. The Hall–Kier alpha value is -1.95. The van der Waals surface area contributed by atoms with Crippen LogP contribution in [0.3, 0.4) is 0 Å². The second-order valence-electron chi connectivity index (χ2n) is 5.40. The molecule has 1 aliphatic heterocycles. The van der Waals surface area contributed by atoms with E-state index in [2.05, 4.69) is 38.0 Å². The van der Waals surface area contributed by atoms with Gasteiger partial charge in [0.05, 0.1) is 0 Å². The van der Waals surface area contributed by atoms with E-state index < -0.39 is 0 Å². The quantitative estimate of drug-likeness (QED) is 0.729. The molecule has 0 saturated carbocycles. The van der Waals surface area contributed by atoms with E-state index >= 15 is 0 Å². The zero-order chi connectivity index (χ0) is 14.1. The number of thiophene rings is 1. The Bertz CT molecular complexity index is 726. The molecule has 21 heavy (non-hydrogen) atoms. The molecule has 3 aromatic heterocycles. The summed E-state index contributed by atoms with van der Waals surface area (Å²) in [6.45, 7) is 2.18. The largest absolute Gasteiger partial charge is 0.355 e. The van der Waals surface area contributed by atoms with Crippen LogP contribution in [0.25, 0.3) is 17.0 Å². The third-order valence-electron chi connectivity index (χ3n) is 3.96. The fourth-order valence-corrected chi connectivity index (χ4v) is 3.45. The summed E-state index contributed by atoms with van der Waals surface area (Å²) < 4.78 is 1.86. The van der Waals surface area contributed by atoms with Gasteiger partial charge in [0.1, 0.15) is 5.82 Å². The molecule has 0 atom stereocenters. The number of nitrogens with zero attached hydrogens (tertiary/aromatic N) is 5. The van der Waals surface area contributed by atoms with Crippen molar-refractivity contribution < 1.29 is 0 Å². The topological polar surface area (TPSA) is 46.3 Å². The van der Waals surface area contributed by atoms with E-state index in [0.29, 0.717) is 0 Å². The van der Waals surface area contributed by atoms with E-state index in [-0.39, 0.29) is 0 Å². The van der Waals surface area contributed by atoms with Crippen LogP contribution in [0.2, 0.25) is 0 Å². The van der Waals surface area contributed by atoms with Crippen LogP contribution in [0, 0.1) is 0 Å². The summed E-state index contributed by atoms with van der Waals surface area (Å²) in [7, 11) is 0. The fourth-order valence-electron chi connectivity index (χ4n) is 2.82. The van der Waals surface area contributed by atoms with E-state index in [0.717, 1.165) is 35.9 Å². The average Bonchev–Trinajstić information content (AvgIpc) is 3.09. The summed E-state index contributed by atoms with van der Waals surface area (Å²) in [4.78, 5) is 2.38. The Balaban J connectivity index is 1.76. The first kappa shape index (κ1) is 12.8. The predicted octanol–water partition coefficient (Wildman–Crippen LogP) is 3.23. The summed E-state index contributed by atoms with van der Waals surface area (Å²) in [5.74, 6) is 1.85. The van der Waals surface area contributed by atoms with Gasteiger partial charge in [0.2, 0.25) is 0 Å². The van der Waals surface area contributed by atoms with E-state index in [1.807, 2.05) is 10.6 Å². The van der Waals surface area contributed by atoms with Crippen LogP contribution in [0.4, 0.5) is 5.82 Å². The lowest BCUT2D eigenvalue weighted by atomic mass is 10.2. The number of hydrogen-bond acceptors (Lipinski definition) is 5. The van der Waals surface area contributed by atoms with Crippen LogP contribution >= 0.6 is 11.3 Å². The van der Waals surface area contributed by atoms with Gasteiger partial charge >= 0.3 is 0 Å². The van der Waals surface area contributed by atoms with E-state index in [1.54, 1.807) is 11.3 Å². The number of anilines is 1. The maximum atomic E-state index is 4.78. The fraction of sp³-hybridized carbons (Fsp3) is 0.400. The first-order valence-corrected chi connectivity index (χ1v) is 8.36. The Morgan fingerprint density at radius 1 is 0.952 bits per heavy atom. The van der Waals surface area contributed by atoms with Crippen LogP contribution in [-0.2, 0) is 0 Å². The second kappa shape index (κ2) is 5.44. The molecule has 5 nitrogen and oxygen atoms in total. The van der Waals surface area contributed by atoms with Gasteiger partial charge in [-0.2, -0.15) is 15.9 Å². The van der Waals surface area contributed by atoms with Crippen molar-refractivity contribution in [3.8, 4) is 11.4 Å². The lowest BCUT2D eigenvalue weighted by Crippen LogP contribution is -2.25. The molecule has 4 rings (SSSR count). The number of rotatable bonds is 2. The maximum Gasteiger partial charge on any atom is 0.186 e. The van der Waals surface area contributed by atoms with Gasteiger partial charge in [-0.25, -0.2) is 0 Å². The van der Waals surface area contributed by atoms with Crippen molar-refractivity contribution in [2.24, 2.45) is 0 Å². The smallest absolute Gasteiger partial charge is 0.186 e. The van der Waals surface area contributed by atoms with Crippen molar-refractivity contribution in [3.05, 3.63) is 29.0 Å². The minimum absolute atomic E-state index is 0.801. The molecule has 0 aliphatic carbocycles. The molecule has 1 saturated heterocycles. The molecule has 108 valence electrons. The third-order valence-corrected chi connectivity index (χ3v) is 4.64. The molecule has 1 fully saturated rings. The first-order valence-electron chi connectivity index (χ1n) is 7.42. The Labute approximate surface area is 127 Å². The molecule has 0 aromatic carbocycles. The van der Waals surface area contributed by atoms with Gasteiger partial charge in [-0.3, -0.25) is 0 Å². The third kappa shape index (κ3) is 2.40. The zero-order valence-electron chi connectivity index (χ0n) is 11.8. The van der Waals surface area contributed by atoms with Crippen molar-refractivity contribution in [3.63, 3.8) is 0 Å². The number of aromatic nitrogens is 4. The molecule has 0 unspecified atom stereocenters. The normalized spacial score (nSPS) is 16.3. The van der Waals surface area contributed by atoms with Crippen LogP contribution in [0.5, 0.6) is 0 Å². The molecule has 6 heteroatoms. The van der Waals surface area contributed by atoms with Gasteiger partial charge in [-0.15, -0.1) is 15.3 Å². The second-order valence-corrected chi connectivity index (χ2v) is 6.18. The first-order chi connectivity index (χ1) is 10.4. The molecular weight excluding hydrogens is 282 g/mol. The molecule has 0 N–H and O–H groups in total. The summed E-state index contributed by atoms with van der Waals surface area (Å²) in [6.07, 6.45) is 5.15. The lowest BCUT2D eigenvalue weighted by molar-refractivity contribution is 0.726. The van der Waals surface area contributed by atoms with E-state index in [4.69, 9.17) is 5.10 Å². The SMILES string of the molecule is c1cc(-c2nnc3ccc(N4CCCCCC4)nn23)cs1. The average molecular weight is 299 g/mol. The highest BCUT2D eigenvalue weighted by molar-refractivity contribution is 7.08. The van der Waals surface area contributed by atoms with Crippen molar-refractivity contribution in [1.82, 2.24) is 19.8 Å². The van der Waals surface area contributed by atoms with Gasteiger partial charge < -0.3 is 4.90 Å². The number of fused-ring (bicyclic) bond motifs is 1. The minimum Gasteiger partial charge on any atom is -0.355 e. The van der Waals surface area contributed by atoms with Crippen LogP contribution in [0.15, 0.2) is 29.0 Å². The predicted molar refractivity (Wildman–Crippen MR) is 84.8 cm³/mol. The van der Waals surface area contributed by atoms with E-state index in [1.165, 1.54) is 25.7 Å². The van der Waals surface area contributed by atoms with Crippen molar-refractivity contribution in [2.45, 2.75) is 25.7 Å². The standard InChI is InChI=1S/C15H17N5S/c1-2-4-9-19(8-3-1)14-6-5-13-16-17-15(20(13)18-14)12-7-10-21-11-12/h5-7,10-11H,1-4,8-9H2. The highest BCUT2D eigenvalue weighted by Crippen LogP contribution is 2.22. The summed E-state index contributed by atoms with van der Waals surface area (Å²) in [5.41, 5.74) is 1.88.